The lowest BCUT2D eigenvalue weighted by Gasteiger charge is -1.99. The van der Waals surface area contributed by atoms with Crippen molar-refractivity contribution in [3.8, 4) is 0 Å². The number of carbonyl (C=O) groups is 2. The molecular weight excluding hydrogens is 148 g/mol. The van der Waals surface area contributed by atoms with Gasteiger partial charge in [0.05, 0.1) is 0 Å². The van der Waals surface area contributed by atoms with Gasteiger partial charge in [-0.2, -0.15) is 4.31 Å². The van der Waals surface area contributed by atoms with Crippen molar-refractivity contribution in [2.75, 3.05) is 0 Å². The number of hydrogen-bond acceptors (Lipinski definition) is 4. The van der Waals surface area contributed by atoms with Crippen LogP contribution in [-0.4, -0.2) is 25.2 Å². The Kier molecular flexibility index (Phi) is 2.65. The molecule has 0 spiro atoms. The molecule has 6 nitrogen and oxygen atoms in total. The molecule has 0 fully saturated rings. The van der Waals surface area contributed by atoms with Crippen LogP contribution in [-0.2, 0) is 15.7 Å². The minimum absolute atomic E-state index is 0.130. The summed E-state index contributed by atoms with van der Waals surface area (Å²) in [6.45, 7) is 0. The molecule has 2 N–H and O–H groups in total. The fourth-order valence-corrected chi connectivity index (χ4v) is 0.409. The maximum absolute atomic E-state index is 9.91. The molecule has 0 aliphatic heterocycles. The van der Waals surface area contributed by atoms with Gasteiger partial charge in [0.15, 0.2) is 0 Å². The standard InChI is InChI=1S/C2H4N2O4S/c3-2(6)4(1-5)9(7)8/h1,9H,(H2,3,6). The summed E-state index contributed by atoms with van der Waals surface area (Å²) in [7, 11) is -3.21. The Labute approximate surface area is 52.3 Å². The molecule has 0 bridgehead atoms. The molecule has 0 saturated heterocycles. The Hall–Kier alpha value is -1.11. The number of urea groups is 1. The predicted molar refractivity (Wildman–Crippen MR) is 27.8 cm³/mol. The van der Waals surface area contributed by atoms with Gasteiger partial charge in [0.2, 0.25) is 17.3 Å². The number of amides is 3. The summed E-state index contributed by atoms with van der Waals surface area (Å²) in [6.07, 6.45) is -0.173. The number of nitrogens with zero attached hydrogens (tertiary/aromatic N) is 1. The van der Waals surface area contributed by atoms with Gasteiger partial charge in [0.1, 0.15) is 0 Å². The molecular formula is C2H4N2O4S. The van der Waals surface area contributed by atoms with Crippen LogP contribution in [0.1, 0.15) is 0 Å². The van der Waals surface area contributed by atoms with Crippen molar-refractivity contribution in [1.29, 1.82) is 0 Å². The van der Waals surface area contributed by atoms with Gasteiger partial charge in [0, 0.05) is 0 Å². The largest absolute Gasteiger partial charge is 0.350 e. The summed E-state index contributed by atoms with van der Waals surface area (Å²) >= 11 is 0. The van der Waals surface area contributed by atoms with Crippen LogP contribution in [0, 0.1) is 0 Å². The van der Waals surface area contributed by atoms with Gasteiger partial charge in [0.25, 0.3) is 0 Å². The molecule has 0 aromatic carbocycles. The molecule has 52 valence electrons. The Morgan fingerprint density at radius 3 is 2.00 bits per heavy atom. The second-order valence-corrected chi connectivity index (χ2v) is 1.93. The van der Waals surface area contributed by atoms with E-state index in [1.807, 2.05) is 0 Å². The van der Waals surface area contributed by atoms with E-state index in [4.69, 9.17) is 0 Å². The van der Waals surface area contributed by atoms with E-state index in [0.717, 1.165) is 0 Å². The SMILES string of the molecule is NC(=O)N(C=O)[SH](=O)=O. The maximum Gasteiger partial charge on any atom is 0.335 e. The van der Waals surface area contributed by atoms with Crippen LogP contribution in [0.4, 0.5) is 4.79 Å². The highest BCUT2D eigenvalue weighted by Gasteiger charge is 2.07. The fourth-order valence-electron chi connectivity index (χ4n) is 0.171. The van der Waals surface area contributed by atoms with E-state index in [1.165, 1.54) is 0 Å². The lowest BCUT2D eigenvalue weighted by atomic mass is 11.0. The molecule has 3 amide bonds. The van der Waals surface area contributed by atoms with Crippen LogP contribution in [0.5, 0.6) is 0 Å². The maximum atomic E-state index is 9.91. The quantitative estimate of drug-likeness (QED) is 0.355. The number of hydrogen-bond donors (Lipinski definition) is 2. The Morgan fingerprint density at radius 1 is 1.56 bits per heavy atom. The summed E-state index contributed by atoms with van der Waals surface area (Å²) < 4.78 is 19.5. The summed E-state index contributed by atoms with van der Waals surface area (Å²) in [6, 6.07) is -1.30. The summed E-state index contributed by atoms with van der Waals surface area (Å²) in [4.78, 5) is 19.5. The van der Waals surface area contributed by atoms with Crippen LogP contribution < -0.4 is 5.73 Å². The van der Waals surface area contributed by atoms with Crippen molar-refractivity contribution in [2.45, 2.75) is 0 Å². The molecule has 0 radical (unpaired) electrons. The van der Waals surface area contributed by atoms with Gasteiger partial charge < -0.3 is 5.73 Å². The second kappa shape index (κ2) is 3.02. The first-order valence-corrected chi connectivity index (χ1v) is 2.91. The topological polar surface area (TPSA) is 97.5 Å². The van der Waals surface area contributed by atoms with E-state index in [0.29, 0.717) is 0 Å². The van der Waals surface area contributed by atoms with Crippen molar-refractivity contribution >= 4 is 23.3 Å². The molecule has 0 aromatic rings. The number of primary amides is 1. The number of thiol groups is 1. The Morgan fingerprint density at radius 2 is 2.00 bits per heavy atom. The minimum atomic E-state index is -3.21. The molecule has 0 atom stereocenters. The van der Waals surface area contributed by atoms with Crippen molar-refractivity contribution in [2.24, 2.45) is 5.73 Å². The minimum Gasteiger partial charge on any atom is -0.350 e. The zero-order chi connectivity index (χ0) is 7.44. The smallest absolute Gasteiger partial charge is 0.335 e. The normalized spacial score (nSPS) is 9.00. The third kappa shape index (κ3) is 2.08. The molecule has 0 aromatic heterocycles. The Balaban J connectivity index is 4.35. The van der Waals surface area contributed by atoms with E-state index >= 15 is 0 Å². The first kappa shape index (κ1) is 7.89. The number of nitrogens with two attached hydrogens (primary N) is 1. The van der Waals surface area contributed by atoms with Crippen molar-refractivity contribution in [3.63, 3.8) is 0 Å². The summed E-state index contributed by atoms with van der Waals surface area (Å²) in [5, 5.41) is 0. The highest BCUT2D eigenvalue weighted by atomic mass is 32.2. The van der Waals surface area contributed by atoms with Gasteiger partial charge in [-0.3, -0.25) is 4.79 Å². The van der Waals surface area contributed by atoms with Crippen molar-refractivity contribution < 1.29 is 18.0 Å². The zero-order valence-electron chi connectivity index (χ0n) is 4.18. The van der Waals surface area contributed by atoms with E-state index in [-0.39, 0.29) is 10.7 Å². The van der Waals surface area contributed by atoms with Gasteiger partial charge in [-0.25, -0.2) is 13.2 Å². The first-order valence-electron chi connectivity index (χ1n) is 1.78. The van der Waals surface area contributed by atoms with Crippen LogP contribution in [0.2, 0.25) is 0 Å². The number of imide groups is 1. The molecule has 0 rings (SSSR count). The lowest BCUT2D eigenvalue weighted by molar-refractivity contribution is -0.112. The molecule has 0 heterocycles. The molecule has 7 heteroatoms. The van der Waals surface area contributed by atoms with Crippen molar-refractivity contribution in [1.82, 2.24) is 4.31 Å². The van der Waals surface area contributed by atoms with Gasteiger partial charge in [-0.05, 0) is 0 Å². The predicted octanol–water partition coefficient (Wildman–Crippen LogP) is -1.95. The highest BCUT2D eigenvalue weighted by Crippen LogP contribution is 1.78. The first-order chi connectivity index (χ1) is 4.09. The van der Waals surface area contributed by atoms with Crippen LogP contribution >= 0.6 is 0 Å². The molecule has 0 aliphatic rings. The van der Waals surface area contributed by atoms with Crippen LogP contribution in [0.15, 0.2) is 0 Å². The average Bonchev–Trinajstić information content (AvgIpc) is 1.64. The van der Waals surface area contributed by atoms with Crippen LogP contribution in [0.3, 0.4) is 0 Å². The summed E-state index contributed by atoms with van der Waals surface area (Å²) in [5.74, 6) is 0. The molecule has 0 unspecified atom stereocenters. The highest BCUT2D eigenvalue weighted by molar-refractivity contribution is 7.71. The monoisotopic (exact) mass is 152 g/mol. The van der Waals surface area contributed by atoms with E-state index < -0.39 is 16.9 Å². The summed E-state index contributed by atoms with van der Waals surface area (Å²) in [5.41, 5.74) is 4.42. The second-order valence-electron chi connectivity index (χ2n) is 1.03. The molecule has 0 aliphatic carbocycles. The number of carbonyl (C=O) groups excluding carboxylic acids is 2. The zero-order valence-corrected chi connectivity index (χ0v) is 5.08. The fraction of sp³-hybridized carbons (Fsp3) is 0. The van der Waals surface area contributed by atoms with Crippen molar-refractivity contribution in [3.05, 3.63) is 0 Å². The molecule has 0 saturated carbocycles. The van der Waals surface area contributed by atoms with Gasteiger partial charge in [-0.15, -0.1) is 0 Å². The number of rotatable bonds is 2. The van der Waals surface area contributed by atoms with E-state index in [9.17, 15) is 18.0 Å². The average molecular weight is 152 g/mol. The third-order valence-corrected chi connectivity index (χ3v) is 1.14. The van der Waals surface area contributed by atoms with Gasteiger partial charge >= 0.3 is 6.03 Å². The van der Waals surface area contributed by atoms with Gasteiger partial charge in [-0.1, -0.05) is 0 Å². The lowest BCUT2D eigenvalue weighted by Crippen LogP contribution is -2.32. The van der Waals surface area contributed by atoms with E-state index in [1.54, 1.807) is 0 Å². The molecule has 9 heavy (non-hydrogen) atoms. The Bertz CT molecular complexity index is 189. The van der Waals surface area contributed by atoms with E-state index in [2.05, 4.69) is 5.73 Å². The third-order valence-electron chi connectivity index (χ3n) is 0.502. The van der Waals surface area contributed by atoms with Crippen LogP contribution in [0.25, 0.3) is 0 Å².